The fraction of sp³-hybridized carbons (Fsp3) is 0.630. The largest absolute Gasteiger partial charge is 0.481 e. The summed E-state index contributed by atoms with van der Waals surface area (Å²) in [4.78, 5) is 87.0. The quantitative estimate of drug-likeness (QED) is 0.0405. The summed E-state index contributed by atoms with van der Waals surface area (Å²) in [6.07, 6.45) is 6.59. The molecule has 16 heteroatoms. The van der Waals surface area contributed by atoms with Crippen molar-refractivity contribution in [3.8, 4) is 0 Å². The molecule has 2 aromatic rings. The van der Waals surface area contributed by atoms with Crippen LogP contribution >= 0.6 is 11.3 Å². The van der Waals surface area contributed by atoms with Gasteiger partial charge in [-0.3, -0.25) is 33.7 Å². The third-order valence-corrected chi connectivity index (χ3v) is 12.6. The van der Waals surface area contributed by atoms with Gasteiger partial charge in [0.1, 0.15) is 16.7 Å². The Morgan fingerprint density at radius 2 is 1.76 bits per heavy atom. The van der Waals surface area contributed by atoms with E-state index in [9.17, 15) is 33.9 Å². The molecular formula is C46H71N7O8S. The van der Waals surface area contributed by atoms with Gasteiger partial charge in [-0.25, -0.2) is 4.98 Å². The highest BCUT2D eigenvalue weighted by molar-refractivity contribution is 7.09. The Kier molecular flexibility index (Phi) is 20.5. The summed E-state index contributed by atoms with van der Waals surface area (Å²) in [7, 11) is 1.94. The van der Waals surface area contributed by atoms with E-state index >= 15 is 0 Å². The first-order chi connectivity index (χ1) is 29.3. The number of hydrogen-bond donors (Lipinski definition) is 5. The second-order valence-electron chi connectivity index (χ2n) is 17.5. The predicted molar refractivity (Wildman–Crippen MR) is 242 cm³/mol. The maximum absolute atomic E-state index is 14.9. The van der Waals surface area contributed by atoms with Crippen LogP contribution in [-0.2, 0) is 35.1 Å². The number of thiazole rings is 1. The van der Waals surface area contributed by atoms with Gasteiger partial charge in [0, 0.05) is 37.0 Å². The minimum Gasteiger partial charge on any atom is -0.481 e. The topological polar surface area (TPSA) is 213 Å². The van der Waals surface area contributed by atoms with Gasteiger partial charge in [0.15, 0.2) is 6.10 Å². The SMILES string of the molecule is C=C(C)[C@@H](C[C@@H](OC(C)=O)c1nc(C(=O)N[C@@H](Cc2ccc(NCC(N)=O)cc2)CC(C)(C)C(=O)O)cs1)N(CCCCCC)C(=O)[C@@H](NC(=O)[C@H]1CCCCN1C)[C@@H](C)CC. The first kappa shape index (κ1) is 51.5. The number of amides is 4. The summed E-state index contributed by atoms with van der Waals surface area (Å²) >= 11 is 1.14. The van der Waals surface area contributed by atoms with E-state index in [1.165, 1.54) is 6.92 Å². The van der Waals surface area contributed by atoms with Crippen LogP contribution in [0.5, 0.6) is 0 Å². The Morgan fingerprint density at radius 1 is 1.06 bits per heavy atom. The van der Waals surface area contributed by atoms with E-state index < -0.39 is 53.4 Å². The molecule has 15 nitrogen and oxygen atoms in total. The zero-order valence-corrected chi connectivity index (χ0v) is 38.9. The number of aromatic nitrogens is 1. The number of piperidine rings is 1. The van der Waals surface area contributed by atoms with E-state index in [0.717, 1.165) is 68.4 Å². The maximum Gasteiger partial charge on any atom is 0.309 e. The highest BCUT2D eigenvalue weighted by atomic mass is 32.1. The molecule has 1 fully saturated rings. The summed E-state index contributed by atoms with van der Waals surface area (Å²) in [5.74, 6) is -3.14. The third-order valence-electron chi connectivity index (χ3n) is 11.7. The van der Waals surface area contributed by atoms with Crippen molar-refractivity contribution in [2.45, 2.75) is 149 Å². The van der Waals surface area contributed by atoms with Crippen molar-refractivity contribution in [2.24, 2.45) is 17.1 Å². The summed E-state index contributed by atoms with van der Waals surface area (Å²) in [5.41, 5.74) is 6.32. The van der Waals surface area contributed by atoms with Crippen LogP contribution in [0.2, 0.25) is 0 Å². The van der Waals surface area contributed by atoms with Crippen molar-refractivity contribution < 1.29 is 38.6 Å². The van der Waals surface area contributed by atoms with Crippen molar-refractivity contribution in [3.63, 3.8) is 0 Å². The summed E-state index contributed by atoms with van der Waals surface area (Å²) in [6.45, 7) is 17.9. The van der Waals surface area contributed by atoms with E-state index in [1.807, 2.05) is 44.9 Å². The average Bonchev–Trinajstić information content (AvgIpc) is 3.71. The molecule has 4 amide bonds. The Balaban J connectivity index is 1.93. The lowest BCUT2D eigenvalue weighted by molar-refractivity contribution is -0.149. The number of aliphatic carboxylic acids is 1. The minimum atomic E-state index is -1.17. The smallest absolute Gasteiger partial charge is 0.309 e. The fourth-order valence-corrected chi connectivity index (χ4v) is 8.59. The standard InChI is InChI=1S/C46H71N7O8S/c1-10-12-13-15-23-53(44(58)40(30(5)11-2)51-42(57)36-17-14-16-22-52(36)9)37(29(3)4)25-38(61-31(6)54)43-50-35(28-62-43)41(56)49-34(26-46(7,8)45(59)60)24-32-18-20-33(21-19-32)48-27-39(47)55/h18-21,28,30,34,36-38,40,48H,3,10-17,22-27H2,1-2,4-9H3,(H2,47,55)(H,49,56)(H,51,57)(H,59,60)/t30-,34-,36+,37+,38+,40-/m0/s1. The summed E-state index contributed by atoms with van der Waals surface area (Å²) < 4.78 is 5.89. The number of carbonyl (C=O) groups is 6. The molecule has 1 saturated heterocycles. The van der Waals surface area contributed by atoms with Crippen LogP contribution in [0.25, 0.3) is 0 Å². The normalized spacial score (nSPS) is 16.8. The zero-order valence-electron chi connectivity index (χ0n) is 38.1. The number of carboxylic acid groups (broad SMARTS) is 1. The first-order valence-corrected chi connectivity index (χ1v) is 22.9. The Morgan fingerprint density at radius 3 is 2.34 bits per heavy atom. The van der Waals surface area contributed by atoms with Gasteiger partial charge in [-0.1, -0.05) is 77.2 Å². The third kappa shape index (κ3) is 15.8. The van der Waals surface area contributed by atoms with Crippen molar-refractivity contribution >= 4 is 52.6 Å². The van der Waals surface area contributed by atoms with Crippen molar-refractivity contribution in [1.29, 1.82) is 0 Å². The molecule has 0 spiro atoms. The van der Waals surface area contributed by atoms with E-state index in [4.69, 9.17) is 10.5 Å². The highest BCUT2D eigenvalue weighted by Crippen LogP contribution is 2.32. The van der Waals surface area contributed by atoms with E-state index in [-0.39, 0.29) is 48.9 Å². The van der Waals surface area contributed by atoms with Gasteiger partial charge in [-0.05, 0) is 90.1 Å². The first-order valence-electron chi connectivity index (χ1n) is 22.0. The lowest BCUT2D eigenvalue weighted by Crippen LogP contribution is -2.58. The number of ether oxygens (including phenoxy) is 1. The number of nitrogens with one attached hydrogen (secondary N) is 3. The lowest BCUT2D eigenvalue weighted by atomic mass is 9.84. The molecule has 6 atom stereocenters. The summed E-state index contributed by atoms with van der Waals surface area (Å²) in [6, 6.07) is 4.89. The number of likely N-dealkylation sites (N-methyl/N-ethyl adjacent to an activating group) is 1. The second-order valence-corrected chi connectivity index (χ2v) is 18.4. The zero-order chi connectivity index (χ0) is 46.1. The number of anilines is 1. The molecule has 1 aromatic heterocycles. The molecule has 0 radical (unpaired) electrons. The lowest BCUT2D eigenvalue weighted by Gasteiger charge is -2.39. The van der Waals surface area contributed by atoms with Gasteiger partial charge in [-0.2, -0.15) is 0 Å². The monoisotopic (exact) mass is 882 g/mol. The Hall–Kier alpha value is -4.83. The van der Waals surface area contributed by atoms with Crippen molar-refractivity contribution in [1.82, 2.24) is 25.4 Å². The van der Waals surface area contributed by atoms with Crippen LogP contribution in [0.4, 0.5) is 5.69 Å². The van der Waals surface area contributed by atoms with Crippen molar-refractivity contribution in [3.05, 3.63) is 58.1 Å². The van der Waals surface area contributed by atoms with Gasteiger partial charge in [0.2, 0.25) is 17.7 Å². The molecule has 1 aromatic carbocycles. The van der Waals surface area contributed by atoms with Gasteiger partial charge in [-0.15, -0.1) is 11.3 Å². The van der Waals surface area contributed by atoms with Crippen molar-refractivity contribution in [2.75, 3.05) is 32.0 Å². The summed E-state index contributed by atoms with van der Waals surface area (Å²) in [5, 5.41) is 20.9. The molecular weight excluding hydrogens is 811 g/mol. The number of unbranched alkanes of at least 4 members (excludes halogenated alkanes) is 3. The van der Waals surface area contributed by atoms with E-state index in [0.29, 0.717) is 35.7 Å². The molecule has 0 bridgehead atoms. The van der Waals surface area contributed by atoms with Crippen LogP contribution in [0, 0.1) is 11.3 Å². The van der Waals surface area contributed by atoms with Gasteiger partial charge in [0.25, 0.3) is 5.91 Å². The number of hydrogen-bond acceptors (Lipinski definition) is 11. The number of benzene rings is 1. The van der Waals surface area contributed by atoms with Crippen LogP contribution < -0.4 is 21.7 Å². The fourth-order valence-electron chi connectivity index (χ4n) is 7.75. The van der Waals surface area contributed by atoms with Gasteiger partial charge >= 0.3 is 11.9 Å². The molecule has 2 heterocycles. The molecule has 0 unspecified atom stereocenters. The van der Waals surface area contributed by atoms with Crippen LogP contribution in [0.15, 0.2) is 41.8 Å². The number of primary amides is 1. The second kappa shape index (κ2) is 24.7. The molecule has 344 valence electrons. The molecule has 0 aliphatic carbocycles. The van der Waals surface area contributed by atoms with Crippen LogP contribution in [0.3, 0.4) is 0 Å². The number of esters is 1. The number of rotatable bonds is 26. The molecule has 62 heavy (non-hydrogen) atoms. The Bertz CT molecular complexity index is 1830. The molecule has 1 aliphatic rings. The number of nitrogens with zero attached hydrogens (tertiary/aromatic N) is 3. The minimum absolute atomic E-state index is 0.0289. The molecule has 1 aliphatic heterocycles. The molecule has 6 N–H and O–H groups in total. The van der Waals surface area contributed by atoms with Gasteiger partial charge in [0.05, 0.1) is 24.0 Å². The molecule has 0 saturated carbocycles. The number of carboxylic acids is 1. The number of likely N-dealkylation sites (tertiary alicyclic amines) is 1. The average molecular weight is 882 g/mol. The van der Waals surface area contributed by atoms with E-state index in [2.05, 4.69) is 34.4 Å². The van der Waals surface area contributed by atoms with Crippen LogP contribution in [0.1, 0.15) is 140 Å². The van der Waals surface area contributed by atoms with E-state index in [1.54, 1.807) is 36.3 Å². The van der Waals surface area contributed by atoms with Crippen LogP contribution in [-0.4, -0.2) is 106 Å². The number of carbonyl (C=O) groups excluding carboxylic acids is 5. The highest BCUT2D eigenvalue weighted by Gasteiger charge is 2.38. The predicted octanol–water partition coefficient (Wildman–Crippen LogP) is 6.25. The van der Waals surface area contributed by atoms with Gasteiger partial charge < -0.3 is 36.4 Å². The molecule has 3 rings (SSSR count). The Labute approximate surface area is 372 Å². The maximum atomic E-state index is 14.9. The number of nitrogens with two attached hydrogens (primary N) is 1.